The van der Waals surface area contributed by atoms with Crippen LogP contribution < -0.4 is 5.32 Å². The zero-order valence-electron chi connectivity index (χ0n) is 12.8. The third-order valence-electron chi connectivity index (χ3n) is 2.64. The van der Waals surface area contributed by atoms with Crippen molar-refractivity contribution in [1.82, 2.24) is 5.32 Å². The van der Waals surface area contributed by atoms with E-state index in [1.165, 1.54) is 0 Å². The summed E-state index contributed by atoms with van der Waals surface area (Å²) in [5.74, 6) is -1.10. The van der Waals surface area contributed by atoms with Crippen LogP contribution in [0.5, 0.6) is 0 Å². The second kappa shape index (κ2) is 8.79. The summed E-state index contributed by atoms with van der Waals surface area (Å²) < 4.78 is 5.02. The summed E-state index contributed by atoms with van der Waals surface area (Å²) in [6, 6.07) is -0.987. The Hall–Kier alpha value is -1.30. The average molecular weight is 289 g/mol. The minimum absolute atomic E-state index is 0.273. The number of carbonyl (C=O) groups is 2. The smallest absolute Gasteiger partial charge is 0.408 e. The maximum absolute atomic E-state index is 11.5. The highest BCUT2D eigenvalue weighted by Gasteiger charge is 2.23. The summed E-state index contributed by atoms with van der Waals surface area (Å²) >= 11 is 0. The Morgan fingerprint density at radius 3 is 2.25 bits per heavy atom. The van der Waals surface area contributed by atoms with Gasteiger partial charge in [-0.3, -0.25) is 0 Å². The van der Waals surface area contributed by atoms with Crippen LogP contribution in [0.1, 0.15) is 59.8 Å². The molecule has 0 aromatic heterocycles. The van der Waals surface area contributed by atoms with Gasteiger partial charge >= 0.3 is 12.1 Å². The van der Waals surface area contributed by atoms with Crippen LogP contribution in [-0.4, -0.2) is 40.0 Å². The van der Waals surface area contributed by atoms with E-state index in [4.69, 9.17) is 9.84 Å². The van der Waals surface area contributed by atoms with Gasteiger partial charge in [-0.1, -0.05) is 13.3 Å². The van der Waals surface area contributed by atoms with Crippen molar-refractivity contribution in [2.24, 2.45) is 0 Å². The van der Waals surface area contributed by atoms with Gasteiger partial charge in [-0.2, -0.15) is 0 Å². The Balaban J connectivity index is 4.18. The summed E-state index contributed by atoms with van der Waals surface area (Å²) in [6.45, 7) is 7.11. The highest BCUT2D eigenvalue weighted by molar-refractivity contribution is 5.79. The van der Waals surface area contributed by atoms with Crippen molar-refractivity contribution < 1.29 is 24.5 Å². The van der Waals surface area contributed by atoms with E-state index >= 15 is 0 Å². The van der Waals surface area contributed by atoms with Gasteiger partial charge in [0.25, 0.3) is 0 Å². The van der Waals surface area contributed by atoms with E-state index < -0.39 is 29.8 Å². The minimum atomic E-state index is -1.10. The Bertz CT molecular complexity index is 311. The van der Waals surface area contributed by atoms with Gasteiger partial charge in [-0.15, -0.1) is 0 Å². The number of nitrogens with one attached hydrogen (secondary N) is 1. The molecule has 0 saturated heterocycles. The largest absolute Gasteiger partial charge is 0.480 e. The lowest BCUT2D eigenvalue weighted by molar-refractivity contribution is -0.139. The average Bonchev–Trinajstić information content (AvgIpc) is 2.25. The molecule has 0 fully saturated rings. The number of aliphatic carboxylic acids is 1. The maximum atomic E-state index is 11.5. The zero-order valence-corrected chi connectivity index (χ0v) is 12.8. The van der Waals surface area contributed by atoms with E-state index in [1.54, 1.807) is 20.8 Å². The number of aliphatic hydroxyl groups excluding tert-OH is 1. The normalized spacial score (nSPS) is 14.4. The van der Waals surface area contributed by atoms with Gasteiger partial charge in [-0.05, 0) is 46.5 Å². The number of amides is 1. The van der Waals surface area contributed by atoms with Crippen LogP contribution in [0, 0.1) is 0 Å². The zero-order chi connectivity index (χ0) is 15.8. The van der Waals surface area contributed by atoms with E-state index in [9.17, 15) is 14.7 Å². The van der Waals surface area contributed by atoms with Crippen LogP contribution in [0.15, 0.2) is 0 Å². The Kier molecular flexibility index (Phi) is 8.22. The Morgan fingerprint density at radius 2 is 1.80 bits per heavy atom. The van der Waals surface area contributed by atoms with E-state index in [1.807, 2.05) is 6.92 Å². The fourth-order valence-corrected chi connectivity index (χ4v) is 1.74. The molecule has 20 heavy (non-hydrogen) atoms. The summed E-state index contributed by atoms with van der Waals surface area (Å²) in [5.41, 5.74) is -0.662. The van der Waals surface area contributed by atoms with Crippen LogP contribution in [0.4, 0.5) is 4.79 Å². The predicted molar refractivity (Wildman–Crippen MR) is 75.6 cm³/mol. The summed E-state index contributed by atoms with van der Waals surface area (Å²) in [4.78, 5) is 22.6. The van der Waals surface area contributed by atoms with Crippen molar-refractivity contribution >= 4 is 12.1 Å². The third kappa shape index (κ3) is 9.61. The van der Waals surface area contributed by atoms with Crippen molar-refractivity contribution in [3.63, 3.8) is 0 Å². The first-order valence-electron chi connectivity index (χ1n) is 7.06. The van der Waals surface area contributed by atoms with Crippen molar-refractivity contribution in [2.75, 3.05) is 0 Å². The van der Waals surface area contributed by atoms with E-state index in [2.05, 4.69) is 5.32 Å². The quantitative estimate of drug-likeness (QED) is 0.637. The molecule has 1 amide bonds. The number of alkyl carbamates (subject to hydrolysis) is 1. The first-order valence-corrected chi connectivity index (χ1v) is 7.06. The molecule has 2 atom stereocenters. The number of rotatable bonds is 8. The first-order chi connectivity index (χ1) is 9.15. The van der Waals surface area contributed by atoms with Crippen LogP contribution in [-0.2, 0) is 9.53 Å². The van der Waals surface area contributed by atoms with Gasteiger partial charge in [0.2, 0.25) is 0 Å². The molecular formula is C14H27NO5. The number of ether oxygens (including phenoxy) is 1. The molecule has 0 aromatic carbocycles. The van der Waals surface area contributed by atoms with E-state index in [-0.39, 0.29) is 6.42 Å². The molecule has 0 bridgehead atoms. The van der Waals surface area contributed by atoms with Crippen molar-refractivity contribution in [1.29, 1.82) is 0 Å². The molecule has 0 aliphatic heterocycles. The van der Waals surface area contributed by atoms with Crippen LogP contribution in [0.2, 0.25) is 0 Å². The van der Waals surface area contributed by atoms with Gasteiger partial charge in [0.05, 0.1) is 6.10 Å². The van der Waals surface area contributed by atoms with E-state index in [0.29, 0.717) is 19.3 Å². The highest BCUT2D eigenvalue weighted by Crippen LogP contribution is 2.10. The maximum Gasteiger partial charge on any atom is 0.408 e. The van der Waals surface area contributed by atoms with Gasteiger partial charge in [0.1, 0.15) is 11.6 Å². The molecular weight excluding hydrogens is 262 g/mol. The summed E-state index contributed by atoms with van der Waals surface area (Å²) in [5, 5.41) is 21.0. The predicted octanol–water partition coefficient (Wildman–Crippen LogP) is 2.30. The number of carboxylic acids is 1. The SMILES string of the molecule is CCC[C@@H](O)CCC[C@H](NC(=O)OC(C)(C)C)C(=O)O. The number of carbonyl (C=O) groups excluding carboxylic acids is 1. The van der Waals surface area contributed by atoms with Crippen LogP contribution in [0.3, 0.4) is 0 Å². The number of hydrogen-bond acceptors (Lipinski definition) is 4. The Labute approximate surface area is 120 Å². The fourth-order valence-electron chi connectivity index (χ4n) is 1.74. The lowest BCUT2D eigenvalue weighted by atomic mass is 10.0. The number of carboxylic acid groups (broad SMARTS) is 1. The summed E-state index contributed by atoms with van der Waals surface area (Å²) in [6.07, 6.45) is 1.79. The van der Waals surface area contributed by atoms with Gasteiger partial charge in [0.15, 0.2) is 0 Å². The van der Waals surface area contributed by atoms with Gasteiger partial charge < -0.3 is 20.3 Å². The second-order valence-corrected chi connectivity index (χ2v) is 5.91. The summed E-state index contributed by atoms with van der Waals surface area (Å²) in [7, 11) is 0. The van der Waals surface area contributed by atoms with Crippen molar-refractivity contribution in [3.8, 4) is 0 Å². The highest BCUT2D eigenvalue weighted by atomic mass is 16.6. The molecule has 0 saturated carbocycles. The monoisotopic (exact) mass is 289 g/mol. The molecule has 118 valence electrons. The molecule has 0 aliphatic carbocycles. The molecule has 0 unspecified atom stereocenters. The van der Waals surface area contributed by atoms with Crippen molar-refractivity contribution in [2.45, 2.75) is 77.5 Å². The minimum Gasteiger partial charge on any atom is -0.480 e. The van der Waals surface area contributed by atoms with Crippen LogP contribution in [0.25, 0.3) is 0 Å². The molecule has 0 rings (SSSR count). The van der Waals surface area contributed by atoms with Crippen molar-refractivity contribution in [3.05, 3.63) is 0 Å². The molecule has 0 spiro atoms. The molecule has 0 aromatic rings. The lowest BCUT2D eigenvalue weighted by Crippen LogP contribution is -2.43. The molecule has 0 aliphatic rings. The second-order valence-electron chi connectivity index (χ2n) is 5.91. The van der Waals surface area contributed by atoms with Gasteiger partial charge in [-0.25, -0.2) is 9.59 Å². The standard InChI is InChI=1S/C14H27NO5/c1-5-7-10(16)8-6-9-11(12(17)18)15-13(19)20-14(2,3)4/h10-11,16H,5-9H2,1-4H3,(H,15,19)(H,17,18)/t10-,11+/m1/s1. The molecule has 0 radical (unpaired) electrons. The molecule has 6 heteroatoms. The Morgan fingerprint density at radius 1 is 1.20 bits per heavy atom. The number of hydrogen-bond donors (Lipinski definition) is 3. The first kappa shape index (κ1) is 18.7. The lowest BCUT2D eigenvalue weighted by Gasteiger charge is -2.22. The topological polar surface area (TPSA) is 95.9 Å². The molecule has 0 heterocycles. The third-order valence-corrected chi connectivity index (χ3v) is 2.64. The molecule has 6 nitrogen and oxygen atoms in total. The van der Waals surface area contributed by atoms with E-state index in [0.717, 1.165) is 6.42 Å². The fraction of sp³-hybridized carbons (Fsp3) is 0.857. The van der Waals surface area contributed by atoms with Gasteiger partial charge in [0, 0.05) is 0 Å². The van der Waals surface area contributed by atoms with Crippen LogP contribution >= 0.6 is 0 Å². The molecule has 3 N–H and O–H groups in total. The number of aliphatic hydroxyl groups is 1.